The highest BCUT2D eigenvalue weighted by molar-refractivity contribution is 6.29. The zero-order chi connectivity index (χ0) is 14.1. The summed E-state index contributed by atoms with van der Waals surface area (Å²) in [5.41, 5.74) is 3.49. The molecule has 0 radical (unpaired) electrons. The highest BCUT2D eigenvalue weighted by atomic mass is 16.6. The van der Waals surface area contributed by atoms with Crippen molar-refractivity contribution in [2.24, 2.45) is 0 Å². The highest BCUT2D eigenvalue weighted by Crippen LogP contribution is 2.28. The Kier molecular flexibility index (Phi) is 2.95. The van der Waals surface area contributed by atoms with Gasteiger partial charge in [-0.15, -0.1) is 0 Å². The number of fused-ring (bicyclic) bond motifs is 1. The van der Waals surface area contributed by atoms with Gasteiger partial charge in [-0.3, -0.25) is 0 Å². The van der Waals surface area contributed by atoms with Gasteiger partial charge >= 0.3 is 11.9 Å². The van der Waals surface area contributed by atoms with Crippen molar-refractivity contribution in [1.82, 2.24) is 0 Å². The summed E-state index contributed by atoms with van der Waals surface area (Å²) >= 11 is 0. The molecule has 0 unspecified atom stereocenters. The molecule has 1 aliphatic rings. The summed E-state index contributed by atoms with van der Waals surface area (Å²) in [5, 5.41) is 0. The van der Waals surface area contributed by atoms with Crippen LogP contribution in [0.2, 0.25) is 0 Å². The average molecular weight is 264 g/mol. The van der Waals surface area contributed by atoms with E-state index in [4.69, 9.17) is 4.74 Å². The van der Waals surface area contributed by atoms with Gasteiger partial charge in [0.05, 0.1) is 11.1 Å². The van der Waals surface area contributed by atoms with E-state index in [9.17, 15) is 9.59 Å². The Morgan fingerprint density at radius 3 is 2.20 bits per heavy atom. The average Bonchev–Trinajstić information content (AvgIpc) is 2.45. The lowest BCUT2D eigenvalue weighted by Crippen LogP contribution is -2.21. The van der Waals surface area contributed by atoms with E-state index in [0.29, 0.717) is 16.7 Å². The Hall–Kier alpha value is -2.68. The van der Waals surface area contributed by atoms with Gasteiger partial charge in [0.2, 0.25) is 0 Å². The van der Waals surface area contributed by atoms with Gasteiger partial charge in [-0.05, 0) is 24.6 Å². The minimum absolute atomic E-state index is 0.407. The third-order valence-corrected chi connectivity index (χ3v) is 3.23. The van der Waals surface area contributed by atoms with Crippen LogP contribution in [0.15, 0.2) is 48.5 Å². The maximum atomic E-state index is 11.9. The number of rotatable bonds is 1. The lowest BCUT2D eigenvalue weighted by molar-refractivity contribution is -0.131. The van der Waals surface area contributed by atoms with Crippen LogP contribution >= 0.6 is 0 Å². The van der Waals surface area contributed by atoms with E-state index in [-0.39, 0.29) is 0 Å². The highest BCUT2D eigenvalue weighted by Gasteiger charge is 2.28. The number of esters is 2. The smallest absolute Gasteiger partial charge is 0.346 e. The molecule has 0 aromatic heterocycles. The van der Waals surface area contributed by atoms with Gasteiger partial charge < -0.3 is 4.74 Å². The van der Waals surface area contributed by atoms with Crippen molar-refractivity contribution < 1.29 is 14.3 Å². The molecule has 0 saturated carbocycles. The zero-order valence-corrected chi connectivity index (χ0v) is 10.9. The molecule has 0 amide bonds. The largest absolute Gasteiger partial charge is 0.386 e. The minimum atomic E-state index is -0.603. The summed E-state index contributed by atoms with van der Waals surface area (Å²) < 4.78 is 4.78. The van der Waals surface area contributed by atoms with Crippen LogP contribution < -0.4 is 0 Å². The second-order valence-electron chi connectivity index (χ2n) is 4.69. The molecule has 98 valence electrons. The Labute approximate surface area is 116 Å². The number of aryl methyl sites for hydroxylation is 1. The molecule has 1 heterocycles. The maximum absolute atomic E-state index is 11.9. The van der Waals surface area contributed by atoms with Crippen LogP contribution in [0, 0.1) is 6.92 Å². The Morgan fingerprint density at radius 1 is 0.850 bits per heavy atom. The van der Waals surface area contributed by atoms with Crippen LogP contribution in [0.25, 0.3) is 11.6 Å². The fourth-order valence-electron chi connectivity index (χ4n) is 2.17. The summed E-state index contributed by atoms with van der Waals surface area (Å²) in [6, 6.07) is 14.8. The van der Waals surface area contributed by atoms with Crippen LogP contribution in [0.3, 0.4) is 0 Å². The number of carbonyl (C=O) groups excluding carboxylic acids is 2. The van der Waals surface area contributed by atoms with Crippen LogP contribution in [0.4, 0.5) is 0 Å². The second-order valence-corrected chi connectivity index (χ2v) is 4.69. The third-order valence-electron chi connectivity index (χ3n) is 3.23. The van der Waals surface area contributed by atoms with Crippen molar-refractivity contribution in [3.63, 3.8) is 0 Å². The number of cyclic esters (lactones) is 2. The molecule has 0 spiro atoms. The molecule has 0 N–H and O–H groups in total. The van der Waals surface area contributed by atoms with E-state index < -0.39 is 11.9 Å². The number of hydrogen-bond donors (Lipinski definition) is 0. The van der Waals surface area contributed by atoms with Crippen LogP contribution in [0.1, 0.15) is 27.0 Å². The molecule has 0 atom stereocenters. The molecule has 2 aromatic carbocycles. The predicted molar refractivity (Wildman–Crippen MR) is 75.9 cm³/mol. The van der Waals surface area contributed by atoms with Gasteiger partial charge in [0.15, 0.2) is 0 Å². The van der Waals surface area contributed by atoms with Crippen LogP contribution in [0.5, 0.6) is 0 Å². The van der Waals surface area contributed by atoms with Crippen molar-refractivity contribution >= 4 is 23.6 Å². The predicted octanol–water partition coefficient (Wildman–Crippen LogP) is 3.23. The number of carbonyl (C=O) groups is 2. The summed E-state index contributed by atoms with van der Waals surface area (Å²) in [5.74, 6) is -1.19. The summed E-state index contributed by atoms with van der Waals surface area (Å²) in [6.07, 6.45) is 1.74. The quantitative estimate of drug-likeness (QED) is 0.451. The van der Waals surface area contributed by atoms with Gasteiger partial charge in [-0.1, -0.05) is 48.0 Å². The maximum Gasteiger partial charge on any atom is 0.346 e. The zero-order valence-electron chi connectivity index (χ0n) is 10.9. The van der Waals surface area contributed by atoms with Gasteiger partial charge in [0.25, 0.3) is 0 Å². The van der Waals surface area contributed by atoms with Gasteiger partial charge in [-0.25, -0.2) is 9.59 Å². The van der Waals surface area contributed by atoms with Crippen molar-refractivity contribution in [3.8, 4) is 0 Å². The van der Waals surface area contributed by atoms with E-state index in [0.717, 1.165) is 11.1 Å². The summed E-state index contributed by atoms with van der Waals surface area (Å²) in [4.78, 5) is 23.6. The van der Waals surface area contributed by atoms with Crippen molar-refractivity contribution in [1.29, 1.82) is 0 Å². The van der Waals surface area contributed by atoms with E-state index in [1.165, 1.54) is 0 Å². The Morgan fingerprint density at radius 2 is 1.50 bits per heavy atom. The molecular weight excluding hydrogens is 252 g/mol. The molecule has 3 rings (SSSR count). The van der Waals surface area contributed by atoms with Crippen molar-refractivity contribution in [2.75, 3.05) is 0 Å². The number of ether oxygens (including phenoxy) is 1. The fourth-order valence-corrected chi connectivity index (χ4v) is 2.17. The molecule has 0 saturated heterocycles. The van der Waals surface area contributed by atoms with Gasteiger partial charge in [0.1, 0.15) is 0 Å². The molecule has 0 aliphatic carbocycles. The molecule has 0 fully saturated rings. The fraction of sp³-hybridized carbons (Fsp3) is 0.0588. The molecule has 3 heteroatoms. The van der Waals surface area contributed by atoms with Crippen LogP contribution in [-0.2, 0) is 9.53 Å². The van der Waals surface area contributed by atoms with Crippen molar-refractivity contribution in [2.45, 2.75) is 6.92 Å². The first-order valence-electron chi connectivity index (χ1n) is 6.29. The number of hydrogen-bond acceptors (Lipinski definition) is 3. The van der Waals surface area contributed by atoms with E-state index >= 15 is 0 Å². The van der Waals surface area contributed by atoms with Gasteiger partial charge in [0, 0.05) is 5.56 Å². The summed E-state index contributed by atoms with van der Waals surface area (Å²) in [7, 11) is 0. The first-order chi connectivity index (χ1) is 9.65. The molecule has 20 heavy (non-hydrogen) atoms. The van der Waals surface area contributed by atoms with Crippen molar-refractivity contribution in [3.05, 3.63) is 70.8 Å². The lowest BCUT2D eigenvalue weighted by Gasteiger charge is -2.16. The van der Waals surface area contributed by atoms with Crippen LogP contribution in [-0.4, -0.2) is 11.9 Å². The first kappa shape index (κ1) is 12.4. The Bertz CT molecular complexity index is 724. The summed E-state index contributed by atoms with van der Waals surface area (Å²) in [6.45, 7) is 2.00. The second kappa shape index (κ2) is 4.78. The Balaban J connectivity index is 2.13. The van der Waals surface area contributed by atoms with Gasteiger partial charge in [-0.2, -0.15) is 0 Å². The topological polar surface area (TPSA) is 43.4 Å². The molecule has 3 nitrogen and oxygen atoms in total. The minimum Gasteiger partial charge on any atom is -0.386 e. The van der Waals surface area contributed by atoms with E-state index in [2.05, 4.69) is 0 Å². The third kappa shape index (κ3) is 2.14. The normalized spacial score (nSPS) is 15.9. The SMILES string of the molecule is Cc1ccc(/C=C2\C(=O)OC(=O)c3ccccc32)cc1. The standard InChI is InChI=1S/C17H12O3/c1-11-6-8-12(9-7-11)10-15-13-4-2-3-5-14(13)16(18)20-17(15)19/h2-10H,1H3/b15-10-. The lowest BCUT2D eigenvalue weighted by atomic mass is 9.95. The number of benzene rings is 2. The molecule has 2 aromatic rings. The first-order valence-corrected chi connectivity index (χ1v) is 6.29. The van der Waals surface area contributed by atoms with E-state index in [1.807, 2.05) is 31.2 Å². The molecular formula is C17H12O3. The van der Waals surface area contributed by atoms with E-state index in [1.54, 1.807) is 30.3 Å². The monoisotopic (exact) mass is 264 g/mol. The molecule has 0 bridgehead atoms. The molecule has 1 aliphatic heterocycles.